The molecule has 1 N–H and O–H groups in total. The average Bonchev–Trinajstić information content (AvgIpc) is 2.69. The minimum atomic E-state index is -0.128. The number of fused-ring (bicyclic) bond motifs is 1. The molecule has 0 bridgehead atoms. The van der Waals surface area contributed by atoms with Crippen molar-refractivity contribution >= 4 is 22.8 Å². The topological polar surface area (TPSA) is 93.1 Å². The molecule has 8 nitrogen and oxygen atoms in total. The number of carbonyl (C=O) groups excluding carboxylic acids is 1. The van der Waals surface area contributed by atoms with Gasteiger partial charge in [-0.2, -0.15) is 0 Å². The van der Waals surface area contributed by atoms with E-state index in [0.717, 1.165) is 35.2 Å². The molecule has 0 saturated carbocycles. The first-order chi connectivity index (χ1) is 12.8. The summed E-state index contributed by atoms with van der Waals surface area (Å²) in [5.74, 6) is 0.170. The van der Waals surface area contributed by atoms with Crippen molar-refractivity contribution in [2.24, 2.45) is 0 Å². The number of hydrogen-bond donors (Lipinski definition) is 1. The standard InChI is InChI=1S/C18H18N6O2/c25-17(12-24-5-7-26-8-6-24)23-18-21-10-14-2-1-13(9-15(14)22-18)16-11-19-3-4-20-16/h1-4,9-11H,5-8,12H2,(H,21,22,23,25). The third-order valence-corrected chi connectivity index (χ3v) is 4.16. The zero-order valence-electron chi connectivity index (χ0n) is 14.1. The Kier molecular flexibility index (Phi) is 4.76. The van der Waals surface area contributed by atoms with Crippen molar-refractivity contribution in [2.75, 3.05) is 38.2 Å². The summed E-state index contributed by atoms with van der Waals surface area (Å²) in [5, 5.41) is 3.66. The summed E-state index contributed by atoms with van der Waals surface area (Å²) in [5.41, 5.74) is 2.42. The molecule has 1 aliphatic heterocycles. The summed E-state index contributed by atoms with van der Waals surface area (Å²) >= 11 is 0. The van der Waals surface area contributed by atoms with Gasteiger partial charge in [0.25, 0.3) is 0 Å². The van der Waals surface area contributed by atoms with E-state index in [0.29, 0.717) is 25.7 Å². The molecule has 8 heteroatoms. The van der Waals surface area contributed by atoms with Crippen LogP contribution in [0.2, 0.25) is 0 Å². The number of carbonyl (C=O) groups is 1. The Morgan fingerprint density at radius 3 is 2.85 bits per heavy atom. The smallest absolute Gasteiger partial charge is 0.240 e. The number of aromatic nitrogens is 4. The van der Waals surface area contributed by atoms with Crippen molar-refractivity contribution in [2.45, 2.75) is 0 Å². The lowest BCUT2D eigenvalue weighted by Gasteiger charge is -2.25. The van der Waals surface area contributed by atoms with Crippen molar-refractivity contribution in [3.63, 3.8) is 0 Å². The zero-order valence-corrected chi connectivity index (χ0v) is 14.1. The Balaban J connectivity index is 1.51. The van der Waals surface area contributed by atoms with E-state index in [9.17, 15) is 4.79 Å². The molecule has 3 heterocycles. The van der Waals surface area contributed by atoms with Gasteiger partial charge in [0.15, 0.2) is 0 Å². The third-order valence-electron chi connectivity index (χ3n) is 4.16. The molecule has 0 spiro atoms. The van der Waals surface area contributed by atoms with Crippen LogP contribution in [-0.4, -0.2) is 63.6 Å². The minimum absolute atomic E-state index is 0.128. The highest BCUT2D eigenvalue weighted by Gasteiger charge is 2.15. The molecule has 26 heavy (non-hydrogen) atoms. The largest absolute Gasteiger partial charge is 0.379 e. The van der Waals surface area contributed by atoms with Crippen molar-refractivity contribution in [1.82, 2.24) is 24.8 Å². The average molecular weight is 350 g/mol. The molecule has 1 aromatic carbocycles. The van der Waals surface area contributed by atoms with E-state index in [1.165, 1.54) is 0 Å². The van der Waals surface area contributed by atoms with Gasteiger partial charge in [-0.25, -0.2) is 9.97 Å². The Bertz CT molecular complexity index is 912. The summed E-state index contributed by atoms with van der Waals surface area (Å²) in [6.07, 6.45) is 6.69. The SMILES string of the molecule is O=C(CN1CCOCC1)Nc1ncc2ccc(-c3cnccn3)cc2n1. The van der Waals surface area contributed by atoms with Crippen LogP contribution in [0.15, 0.2) is 43.0 Å². The van der Waals surface area contributed by atoms with Gasteiger partial charge >= 0.3 is 0 Å². The molecule has 2 aromatic heterocycles. The van der Waals surface area contributed by atoms with Crippen molar-refractivity contribution < 1.29 is 9.53 Å². The Hall–Kier alpha value is -2.97. The molecule has 4 rings (SSSR count). The maximum atomic E-state index is 12.2. The maximum Gasteiger partial charge on any atom is 0.240 e. The van der Waals surface area contributed by atoms with Gasteiger partial charge < -0.3 is 4.74 Å². The van der Waals surface area contributed by atoms with Crippen LogP contribution in [0.3, 0.4) is 0 Å². The van der Waals surface area contributed by atoms with Gasteiger partial charge in [0.05, 0.1) is 37.2 Å². The van der Waals surface area contributed by atoms with Crippen LogP contribution in [0.5, 0.6) is 0 Å². The molecule has 1 saturated heterocycles. The highest BCUT2D eigenvalue weighted by atomic mass is 16.5. The molecule has 1 fully saturated rings. The fraction of sp³-hybridized carbons (Fsp3) is 0.278. The lowest BCUT2D eigenvalue weighted by Crippen LogP contribution is -2.41. The predicted molar refractivity (Wildman–Crippen MR) is 96.5 cm³/mol. The van der Waals surface area contributed by atoms with E-state index in [1.54, 1.807) is 24.8 Å². The first-order valence-corrected chi connectivity index (χ1v) is 8.41. The molecule has 0 radical (unpaired) electrons. The quantitative estimate of drug-likeness (QED) is 0.759. The van der Waals surface area contributed by atoms with Gasteiger partial charge in [-0.15, -0.1) is 0 Å². The molecule has 3 aromatic rings. The number of nitrogens with zero attached hydrogens (tertiary/aromatic N) is 5. The number of nitrogens with one attached hydrogen (secondary N) is 1. The van der Waals surface area contributed by atoms with Crippen LogP contribution in [0.1, 0.15) is 0 Å². The second kappa shape index (κ2) is 7.51. The zero-order chi connectivity index (χ0) is 17.8. The lowest BCUT2D eigenvalue weighted by atomic mass is 10.1. The van der Waals surface area contributed by atoms with Gasteiger partial charge in [0, 0.05) is 42.6 Å². The van der Waals surface area contributed by atoms with Gasteiger partial charge in [0.1, 0.15) is 0 Å². The Morgan fingerprint density at radius 1 is 1.15 bits per heavy atom. The second-order valence-electron chi connectivity index (χ2n) is 5.99. The molecule has 0 unspecified atom stereocenters. The van der Waals surface area contributed by atoms with E-state index in [4.69, 9.17) is 4.74 Å². The number of morpholine rings is 1. The molecule has 0 atom stereocenters. The Morgan fingerprint density at radius 2 is 2.04 bits per heavy atom. The van der Waals surface area contributed by atoms with E-state index in [1.807, 2.05) is 23.1 Å². The van der Waals surface area contributed by atoms with Crippen LogP contribution in [0.4, 0.5) is 5.95 Å². The molecule has 0 aliphatic carbocycles. The summed E-state index contributed by atoms with van der Waals surface area (Å²) in [4.78, 5) is 31.3. The van der Waals surface area contributed by atoms with E-state index in [2.05, 4.69) is 25.3 Å². The van der Waals surface area contributed by atoms with Gasteiger partial charge in [-0.05, 0) is 6.07 Å². The fourth-order valence-electron chi connectivity index (χ4n) is 2.82. The highest BCUT2D eigenvalue weighted by Crippen LogP contribution is 2.21. The number of amides is 1. The summed E-state index contributed by atoms with van der Waals surface area (Å²) in [6.45, 7) is 3.14. The first kappa shape index (κ1) is 16.5. The monoisotopic (exact) mass is 350 g/mol. The number of rotatable bonds is 4. The van der Waals surface area contributed by atoms with Crippen LogP contribution < -0.4 is 5.32 Å². The lowest BCUT2D eigenvalue weighted by molar-refractivity contribution is -0.118. The Labute approximate surface area is 150 Å². The number of ether oxygens (including phenoxy) is 1. The summed E-state index contributed by atoms with van der Waals surface area (Å²) in [6, 6.07) is 5.80. The number of hydrogen-bond acceptors (Lipinski definition) is 7. The summed E-state index contributed by atoms with van der Waals surface area (Å²) in [7, 11) is 0. The van der Waals surface area contributed by atoms with E-state index in [-0.39, 0.29) is 5.91 Å². The van der Waals surface area contributed by atoms with Crippen LogP contribution in [0.25, 0.3) is 22.2 Å². The van der Waals surface area contributed by atoms with E-state index >= 15 is 0 Å². The first-order valence-electron chi connectivity index (χ1n) is 8.41. The van der Waals surface area contributed by atoms with Gasteiger partial charge in [-0.3, -0.25) is 25.0 Å². The van der Waals surface area contributed by atoms with Crippen LogP contribution in [0, 0.1) is 0 Å². The normalized spacial score (nSPS) is 15.1. The van der Waals surface area contributed by atoms with Gasteiger partial charge in [0.2, 0.25) is 11.9 Å². The third kappa shape index (κ3) is 3.81. The molecular weight excluding hydrogens is 332 g/mol. The molecule has 132 valence electrons. The fourth-order valence-corrected chi connectivity index (χ4v) is 2.82. The molecule has 1 aliphatic rings. The second-order valence-corrected chi connectivity index (χ2v) is 5.99. The molecule has 1 amide bonds. The van der Waals surface area contributed by atoms with Crippen LogP contribution >= 0.6 is 0 Å². The van der Waals surface area contributed by atoms with E-state index < -0.39 is 0 Å². The number of anilines is 1. The molecular formula is C18H18N6O2. The predicted octanol–water partition coefficient (Wildman–Crippen LogP) is 1.36. The minimum Gasteiger partial charge on any atom is -0.379 e. The number of benzene rings is 1. The highest BCUT2D eigenvalue weighted by molar-refractivity contribution is 5.92. The van der Waals surface area contributed by atoms with Crippen molar-refractivity contribution in [3.8, 4) is 11.3 Å². The van der Waals surface area contributed by atoms with Crippen molar-refractivity contribution in [3.05, 3.63) is 43.0 Å². The summed E-state index contributed by atoms with van der Waals surface area (Å²) < 4.78 is 5.29. The van der Waals surface area contributed by atoms with Crippen molar-refractivity contribution in [1.29, 1.82) is 0 Å². The van der Waals surface area contributed by atoms with Gasteiger partial charge in [-0.1, -0.05) is 12.1 Å². The maximum absolute atomic E-state index is 12.2. The van der Waals surface area contributed by atoms with Crippen LogP contribution in [-0.2, 0) is 9.53 Å².